The van der Waals surface area contributed by atoms with Crippen molar-refractivity contribution in [2.24, 2.45) is 0 Å². The molecule has 4 aromatic rings. The van der Waals surface area contributed by atoms with Gasteiger partial charge in [0.05, 0.1) is 19.5 Å². The number of methoxy groups -OCH3 is 1. The lowest BCUT2D eigenvalue weighted by Gasteiger charge is -2.19. The highest BCUT2D eigenvalue weighted by Crippen LogP contribution is 2.44. The number of aromatic nitrogens is 4. The summed E-state index contributed by atoms with van der Waals surface area (Å²) in [7, 11) is 1.30. The molecule has 1 fully saturated rings. The van der Waals surface area contributed by atoms with E-state index in [1.165, 1.54) is 7.11 Å². The van der Waals surface area contributed by atoms with Gasteiger partial charge >= 0.3 is 12.1 Å². The summed E-state index contributed by atoms with van der Waals surface area (Å²) in [6.45, 7) is 0.158. The summed E-state index contributed by atoms with van der Waals surface area (Å²) in [5, 5.41) is 2.89. The summed E-state index contributed by atoms with van der Waals surface area (Å²) in [4.78, 5) is 37.6. The Balaban J connectivity index is 0.983. The number of halogens is 2. The summed E-state index contributed by atoms with van der Waals surface area (Å²) in [6.07, 6.45) is 4.56. The zero-order chi connectivity index (χ0) is 29.9. The molecule has 3 atom stereocenters. The monoisotopic (exact) mass is 639 g/mol. The van der Waals surface area contributed by atoms with Crippen LogP contribution in [0.5, 0.6) is 0 Å². The van der Waals surface area contributed by atoms with Crippen LogP contribution in [0, 0.1) is 12.8 Å². The molecule has 2 radical (unpaired) electrons. The van der Waals surface area contributed by atoms with E-state index in [2.05, 4.69) is 44.5 Å². The maximum Gasteiger partial charge on any atom is 0.407 e. The molecule has 1 aliphatic carbocycles. The van der Waals surface area contributed by atoms with Crippen molar-refractivity contribution in [2.75, 3.05) is 25.2 Å². The van der Waals surface area contributed by atoms with Crippen molar-refractivity contribution in [2.45, 2.75) is 30.7 Å². The van der Waals surface area contributed by atoms with Gasteiger partial charge in [-0.2, -0.15) is 16.7 Å². The van der Waals surface area contributed by atoms with Crippen LogP contribution in [0.25, 0.3) is 22.3 Å². The van der Waals surface area contributed by atoms with Gasteiger partial charge in [-0.05, 0) is 52.4 Å². The van der Waals surface area contributed by atoms with Crippen molar-refractivity contribution in [3.8, 4) is 11.1 Å². The predicted octanol–water partition coefficient (Wildman–Crippen LogP) is 5.64. The zero-order valence-corrected chi connectivity index (χ0v) is 25.3. The zero-order valence-electron chi connectivity index (χ0n) is 23.0. The number of alkyl carbamates (subject to hydrolysis) is 1. The fourth-order valence-corrected chi connectivity index (χ4v) is 6.77. The number of carbonyl (C=O) groups is 2. The van der Waals surface area contributed by atoms with E-state index in [0.717, 1.165) is 22.3 Å². The molecule has 1 saturated heterocycles. The maximum absolute atomic E-state index is 12.8. The van der Waals surface area contributed by atoms with Gasteiger partial charge in [0.2, 0.25) is 5.28 Å². The number of carbonyl (C=O) groups excluding carboxylic acids is 2. The Hall–Kier alpha value is -3.38. The first kappa shape index (κ1) is 29.7. The molecule has 2 aliphatic rings. The van der Waals surface area contributed by atoms with E-state index in [1.54, 1.807) is 22.7 Å². The highest BCUT2D eigenvalue weighted by Gasteiger charge is 2.31. The van der Waals surface area contributed by atoms with Gasteiger partial charge in [-0.15, -0.1) is 0 Å². The van der Waals surface area contributed by atoms with Gasteiger partial charge in [0.15, 0.2) is 10.8 Å². The molecule has 3 heterocycles. The molecule has 10 nitrogen and oxygen atoms in total. The molecule has 6 rings (SSSR count). The number of hydrogen-bond acceptors (Lipinski definition) is 9. The molecular weight excluding hydrogens is 613 g/mol. The second-order valence-electron chi connectivity index (χ2n) is 9.97. The maximum atomic E-state index is 12.8. The third-order valence-corrected chi connectivity index (χ3v) is 8.91. The van der Waals surface area contributed by atoms with Gasteiger partial charge in [0.25, 0.3) is 0 Å². The highest BCUT2D eigenvalue weighted by atomic mass is 35.5. The lowest BCUT2D eigenvalue weighted by atomic mass is 9.98. The van der Waals surface area contributed by atoms with E-state index < -0.39 is 24.3 Å². The molecule has 1 aliphatic heterocycles. The topological polar surface area (TPSA) is 117 Å². The summed E-state index contributed by atoms with van der Waals surface area (Å²) < 4.78 is 18.4. The molecule has 0 unspecified atom stereocenters. The smallest absolute Gasteiger partial charge is 0.407 e. The van der Waals surface area contributed by atoms with E-state index in [4.69, 9.17) is 37.4 Å². The summed E-state index contributed by atoms with van der Waals surface area (Å²) in [5.74, 6) is 0.608. The van der Waals surface area contributed by atoms with Gasteiger partial charge in [-0.3, -0.25) is 4.57 Å². The van der Waals surface area contributed by atoms with Crippen LogP contribution in [0.15, 0.2) is 54.9 Å². The number of hydrogen-bond donors (Lipinski definition) is 1. The Labute approximate surface area is 262 Å². The van der Waals surface area contributed by atoms with Crippen LogP contribution in [-0.2, 0) is 19.0 Å². The van der Waals surface area contributed by atoms with Crippen molar-refractivity contribution < 1.29 is 23.8 Å². The van der Waals surface area contributed by atoms with Crippen molar-refractivity contribution in [3.05, 3.63) is 89.3 Å². The van der Waals surface area contributed by atoms with Crippen LogP contribution in [-0.4, -0.2) is 68.9 Å². The predicted molar refractivity (Wildman–Crippen MR) is 164 cm³/mol. The Morgan fingerprint density at radius 1 is 1.07 bits per heavy atom. The Bertz CT molecular complexity index is 1610. The van der Waals surface area contributed by atoms with Gasteiger partial charge in [0, 0.05) is 18.1 Å². The minimum absolute atomic E-state index is 0.0279. The van der Waals surface area contributed by atoms with Crippen molar-refractivity contribution in [3.63, 3.8) is 0 Å². The molecule has 0 saturated carbocycles. The normalized spacial score (nSPS) is 18.3. The first-order chi connectivity index (χ1) is 20.9. The van der Waals surface area contributed by atoms with Crippen LogP contribution >= 0.6 is 35.0 Å². The fourth-order valence-electron chi connectivity index (χ4n) is 5.36. The SMILES string of the molecule is COC(=O)[C@H](CCSC[C@@H]1[CH][CH][C@H](n2cnc3c(Cl)nc(Cl)nc32)O1)NC(=O)OCC1c2ccccc2-c2ccccc21. The summed E-state index contributed by atoms with van der Waals surface area (Å²) in [6, 6.07) is 15.4. The van der Waals surface area contributed by atoms with E-state index in [1.807, 2.05) is 37.1 Å². The second kappa shape index (κ2) is 13.1. The van der Waals surface area contributed by atoms with E-state index in [0.29, 0.717) is 29.1 Å². The van der Waals surface area contributed by atoms with Gasteiger partial charge < -0.3 is 19.5 Å². The number of imidazole rings is 1. The van der Waals surface area contributed by atoms with E-state index in [-0.39, 0.29) is 29.1 Å². The number of rotatable bonds is 10. The van der Waals surface area contributed by atoms with Crippen molar-refractivity contribution in [1.29, 1.82) is 0 Å². The summed E-state index contributed by atoms with van der Waals surface area (Å²) in [5.41, 5.74) is 5.44. The molecule has 2 aromatic heterocycles. The van der Waals surface area contributed by atoms with Gasteiger partial charge in [0.1, 0.15) is 24.4 Å². The van der Waals surface area contributed by atoms with Crippen LogP contribution < -0.4 is 5.32 Å². The third kappa shape index (κ3) is 6.31. The number of nitrogens with one attached hydrogen (secondary N) is 1. The fraction of sp³-hybridized carbons (Fsp3) is 0.300. The van der Waals surface area contributed by atoms with Crippen LogP contribution in [0.3, 0.4) is 0 Å². The Kier molecular flexibility index (Phi) is 9.03. The number of ether oxygens (including phenoxy) is 3. The number of esters is 1. The number of amides is 1. The minimum Gasteiger partial charge on any atom is -0.467 e. The lowest BCUT2D eigenvalue weighted by Crippen LogP contribution is -2.42. The van der Waals surface area contributed by atoms with Crippen molar-refractivity contribution in [1.82, 2.24) is 24.8 Å². The Morgan fingerprint density at radius 3 is 2.51 bits per heavy atom. The van der Waals surface area contributed by atoms with Crippen LogP contribution in [0.4, 0.5) is 4.79 Å². The molecule has 1 N–H and O–H groups in total. The standard InChI is InChI=1S/C30H27Cl2N5O5S/c1-40-28(38)23(34-30(39)41-14-22-20-8-4-2-6-18(20)19-7-3-5-9-21(19)22)12-13-43-15-17-10-11-24(42-17)37-16-33-25-26(31)35-29(32)36-27(25)37/h2-11,16-17,22-24H,12-15H2,1H3,(H,34,39)/t17-,23-,24+/m0/s1. The minimum atomic E-state index is -0.840. The summed E-state index contributed by atoms with van der Waals surface area (Å²) >= 11 is 13.7. The van der Waals surface area contributed by atoms with E-state index >= 15 is 0 Å². The highest BCUT2D eigenvalue weighted by molar-refractivity contribution is 7.99. The molecule has 13 heteroatoms. The molecule has 222 valence electrons. The van der Waals surface area contributed by atoms with E-state index in [9.17, 15) is 9.59 Å². The van der Waals surface area contributed by atoms with Crippen LogP contribution in [0.1, 0.15) is 29.7 Å². The molecule has 2 aromatic carbocycles. The molecule has 0 bridgehead atoms. The quantitative estimate of drug-likeness (QED) is 0.102. The van der Waals surface area contributed by atoms with Gasteiger partial charge in [-0.25, -0.2) is 19.6 Å². The lowest BCUT2D eigenvalue weighted by molar-refractivity contribution is -0.143. The van der Waals surface area contributed by atoms with Crippen molar-refractivity contribution >= 4 is 58.2 Å². The second-order valence-corrected chi connectivity index (χ2v) is 11.8. The number of nitrogens with zero attached hydrogens (tertiary/aromatic N) is 4. The average molecular weight is 641 g/mol. The first-order valence-electron chi connectivity index (χ1n) is 13.6. The molecule has 0 spiro atoms. The molecule has 1 amide bonds. The first-order valence-corrected chi connectivity index (χ1v) is 15.5. The average Bonchev–Trinajstić information content (AvgIpc) is 3.73. The third-order valence-electron chi connectivity index (χ3n) is 7.38. The van der Waals surface area contributed by atoms with Gasteiger partial charge in [-0.1, -0.05) is 60.1 Å². The largest absolute Gasteiger partial charge is 0.467 e. The Morgan fingerprint density at radius 2 is 1.79 bits per heavy atom. The van der Waals surface area contributed by atoms with Crippen LogP contribution in [0.2, 0.25) is 10.4 Å². The molecular formula is C30H27Cl2N5O5S. The molecule has 43 heavy (non-hydrogen) atoms. The number of benzene rings is 2. The number of fused-ring (bicyclic) bond motifs is 4. The number of thioether (sulfide) groups is 1.